The first kappa shape index (κ1) is 58.0. The average Bonchev–Trinajstić information content (AvgIpc) is 2.42. The van der Waals surface area contributed by atoms with Crippen molar-refractivity contribution < 1.29 is 82.8 Å². The van der Waals surface area contributed by atoms with E-state index in [0.29, 0.717) is 0 Å². The number of nitrogens with zero attached hydrogens (tertiary/aromatic N) is 6. The van der Waals surface area contributed by atoms with Crippen LogP contribution in [-0.2, 0) is 19.8 Å². The van der Waals surface area contributed by atoms with Gasteiger partial charge in [0.2, 0.25) is 0 Å². The summed E-state index contributed by atoms with van der Waals surface area (Å²) < 4.78 is 8.06. The van der Waals surface area contributed by atoms with Gasteiger partial charge in [0.05, 0.1) is 0 Å². The summed E-state index contributed by atoms with van der Waals surface area (Å²) in [5.41, 5.74) is 0. The van der Waals surface area contributed by atoms with E-state index in [1.54, 1.807) is 15.9 Å². The molecule has 0 spiro atoms. The van der Waals surface area contributed by atoms with Crippen molar-refractivity contribution in [1.29, 1.82) is 31.6 Å². The van der Waals surface area contributed by atoms with Crippen molar-refractivity contribution in [2.45, 2.75) is 0 Å². The van der Waals surface area contributed by atoms with E-state index in [2.05, 4.69) is 0 Å². The Bertz CT molecular complexity index is 197. The molecular formula is C6H3KMnN6O3-4. The normalized spacial score (nSPS) is 1.53. The number of nitriles is 2. The van der Waals surface area contributed by atoms with Gasteiger partial charge >= 0.3 is 71.2 Å². The van der Waals surface area contributed by atoms with E-state index in [1.807, 2.05) is 0 Å². The number of hydrogen-bond acceptors (Lipinski definition) is 9. The van der Waals surface area contributed by atoms with Gasteiger partial charge < -0.3 is 59.0 Å². The molecule has 0 aliphatic rings. The minimum atomic E-state index is 0. The molecule has 0 aromatic rings. The predicted octanol–water partition coefficient (Wildman–Crippen LogP) is -2.94. The fraction of sp³-hybridized carbons (Fsp3) is 0. The third-order valence-corrected chi connectivity index (χ3v) is 0. The summed E-state index contributed by atoms with van der Waals surface area (Å²) in [6.45, 7) is 19.0. The summed E-state index contributed by atoms with van der Waals surface area (Å²) in [5, 5.41) is 52.5. The van der Waals surface area contributed by atoms with Crippen molar-refractivity contribution in [1.82, 2.24) is 0 Å². The van der Waals surface area contributed by atoms with E-state index < -0.39 is 0 Å². The number of aliphatic hydroxyl groups excluding tert-OH is 2. The summed E-state index contributed by atoms with van der Waals surface area (Å²) in [6.07, 6.45) is 1.50. The van der Waals surface area contributed by atoms with Crippen LogP contribution in [0, 0.1) is 70.4 Å². The summed E-state index contributed by atoms with van der Waals surface area (Å²) in [4.78, 5) is 0. The predicted molar refractivity (Wildman–Crippen MR) is 36.8 cm³/mol. The van der Waals surface area contributed by atoms with Crippen LogP contribution < -0.4 is 51.4 Å². The summed E-state index contributed by atoms with van der Waals surface area (Å²) in [5.74, 6) is 0. The fourth-order valence-corrected chi connectivity index (χ4v) is 0. The monoisotopic (exact) mass is 301 g/mol. The zero-order valence-electron chi connectivity index (χ0n) is 9.36. The summed E-state index contributed by atoms with van der Waals surface area (Å²) in [7, 11) is 0. The molecule has 0 unspecified atom stereocenters. The molecule has 0 fully saturated rings. The van der Waals surface area contributed by atoms with Gasteiger partial charge in [0.1, 0.15) is 0 Å². The Morgan fingerprint density at radius 2 is 0.765 bits per heavy atom. The summed E-state index contributed by atoms with van der Waals surface area (Å²) in [6, 6.07) is 0. The maximum absolute atomic E-state index is 8.06. The number of hydrogen-bond donors (Lipinski definition) is 2. The van der Waals surface area contributed by atoms with Crippen LogP contribution in [0.3, 0.4) is 0 Å². The Morgan fingerprint density at radius 3 is 0.765 bits per heavy atom. The van der Waals surface area contributed by atoms with Crippen molar-refractivity contribution in [3.63, 3.8) is 0 Å². The molecule has 0 rings (SSSR count). The van der Waals surface area contributed by atoms with E-state index in [1.165, 1.54) is 0 Å². The second kappa shape index (κ2) is 10700. The van der Waals surface area contributed by atoms with E-state index in [9.17, 15) is 0 Å². The van der Waals surface area contributed by atoms with Crippen LogP contribution in [0.4, 0.5) is 0 Å². The molecule has 0 radical (unpaired) electrons. The molecule has 0 amide bonds. The standard InChI is InChI=1S/2CHNO.4CN.K.Mn.O.H/c2*2-1-3;4*1-2;;;;/h2*3H;;;;;;;;/q;;4*-1;+1;;;-1. The average molecular weight is 301 g/mol. The Labute approximate surface area is 151 Å². The molecule has 11 heteroatoms. The van der Waals surface area contributed by atoms with Crippen LogP contribution in [0.1, 0.15) is 1.43 Å². The molecule has 0 aromatic carbocycles. The molecule has 0 heterocycles. The molecule has 17 heavy (non-hydrogen) atoms. The molecule has 0 aromatic heterocycles. The summed E-state index contributed by atoms with van der Waals surface area (Å²) >= 11 is 1.69. The number of rotatable bonds is 0. The van der Waals surface area contributed by atoms with Crippen molar-refractivity contribution in [3.05, 3.63) is 26.3 Å². The molecular weight excluding hydrogens is 298 g/mol. The van der Waals surface area contributed by atoms with Gasteiger partial charge in [-0.25, -0.2) is 0 Å². The van der Waals surface area contributed by atoms with Crippen molar-refractivity contribution >= 4 is 0 Å². The van der Waals surface area contributed by atoms with Crippen molar-refractivity contribution in [2.75, 3.05) is 0 Å². The molecule has 0 aliphatic heterocycles. The molecule has 2 N–H and O–H groups in total. The third-order valence-electron chi connectivity index (χ3n) is 0. The maximum atomic E-state index is 8.06. The SMILES string of the molecule is N#CO.N#CO.[C-]#N.[C-]#N.[C-]#N.[C-]#N.[H-].[K+].[O]=[Mn]. The van der Waals surface area contributed by atoms with Crippen LogP contribution in [0.15, 0.2) is 0 Å². The molecule has 0 bridgehead atoms. The van der Waals surface area contributed by atoms with Crippen LogP contribution in [0.25, 0.3) is 0 Å². The van der Waals surface area contributed by atoms with Crippen LogP contribution in [0.2, 0.25) is 0 Å². The van der Waals surface area contributed by atoms with Gasteiger partial charge in [-0.2, -0.15) is 10.5 Å². The van der Waals surface area contributed by atoms with Gasteiger partial charge in [-0.05, 0) is 0 Å². The van der Waals surface area contributed by atoms with Gasteiger partial charge in [0.25, 0.3) is 12.5 Å². The fourth-order valence-electron chi connectivity index (χ4n) is 0. The van der Waals surface area contributed by atoms with E-state index in [4.69, 9.17) is 71.9 Å². The molecule has 9 nitrogen and oxygen atoms in total. The van der Waals surface area contributed by atoms with Gasteiger partial charge in [-0.3, -0.25) is 0 Å². The molecule has 0 saturated carbocycles. The first-order valence-corrected chi connectivity index (χ1v) is 2.43. The second-order valence-electron chi connectivity index (χ2n) is 0.200. The molecule has 87 valence electrons. The van der Waals surface area contributed by atoms with E-state index in [0.717, 1.165) is 12.5 Å². The Balaban J connectivity index is -0.00000000745. The minimum absolute atomic E-state index is 0. The van der Waals surface area contributed by atoms with Crippen LogP contribution >= 0.6 is 0 Å². The van der Waals surface area contributed by atoms with E-state index in [-0.39, 0.29) is 52.8 Å². The van der Waals surface area contributed by atoms with E-state index >= 15 is 0 Å². The van der Waals surface area contributed by atoms with Crippen LogP contribution in [0.5, 0.6) is 0 Å². The zero-order valence-corrected chi connectivity index (χ0v) is 12.7. The second-order valence-corrected chi connectivity index (χ2v) is 0.200. The zero-order chi connectivity index (χ0) is 15.4. The van der Waals surface area contributed by atoms with Gasteiger partial charge in [-0.15, -0.1) is 0 Å². The first-order valence-electron chi connectivity index (χ1n) is 1.94. The Morgan fingerprint density at radius 1 is 0.765 bits per heavy atom. The van der Waals surface area contributed by atoms with Crippen molar-refractivity contribution in [2.24, 2.45) is 0 Å². The Kier molecular flexibility index (Phi) is 36600. The van der Waals surface area contributed by atoms with Crippen LogP contribution in [-0.4, -0.2) is 10.2 Å². The van der Waals surface area contributed by atoms with Crippen molar-refractivity contribution in [3.8, 4) is 12.5 Å². The van der Waals surface area contributed by atoms with Gasteiger partial charge in [-0.1, -0.05) is 0 Å². The number of aliphatic hydroxyl groups is 2. The molecule has 0 aliphatic carbocycles. The third kappa shape index (κ3) is 1000. The topological polar surface area (TPSA) is 200 Å². The van der Waals surface area contributed by atoms with Gasteiger partial charge in [0.15, 0.2) is 0 Å². The quantitative estimate of drug-likeness (QED) is 0.266. The van der Waals surface area contributed by atoms with Gasteiger partial charge in [0, 0.05) is 0 Å². The first-order chi connectivity index (χ1) is 7.83. The molecule has 0 saturated heterocycles. The molecule has 0 atom stereocenters. The Hall–Kier alpha value is -1.50.